The molecule has 1 aromatic rings. The third-order valence-corrected chi connectivity index (χ3v) is 6.31. The van der Waals surface area contributed by atoms with Gasteiger partial charge in [0, 0.05) is 6.42 Å². The van der Waals surface area contributed by atoms with Gasteiger partial charge in [-0.25, -0.2) is 0 Å². The highest BCUT2D eigenvalue weighted by Crippen LogP contribution is 2.09. The molecule has 1 aromatic carbocycles. The van der Waals surface area contributed by atoms with Crippen LogP contribution in [-0.2, 0) is 35.2 Å². The van der Waals surface area contributed by atoms with Crippen molar-refractivity contribution in [1.82, 2.24) is 26.6 Å². The van der Waals surface area contributed by atoms with Gasteiger partial charge in [-0.2, -0.15) is 0 Å². The van der Waals surface area contributed by atoms with E-state index in [4.69, 9.17) is 11.5 Å². The first-order chi connectivity index (χ1) is 20.4. The fraction of sp³-hybridized carbons (Fsp3) is 0.517. The molecule has 14 heteroatoms. The molecule has 1 rings (SSSR count). The lowest BCUT2D eigenvalue weighted by Gasteiger charge is -2.26. The van der Waals surface area contributed by atoms with E-state index in [1.54, 1.807) is 30.3 Å². The molecular formula is C29H45N7O7. The Morgan fingerprint density at radius 1 is 0.860 bits per heavy atom. The smallest absolute Gasteiger partial charge is 0.245 e. The molecule has 0 aliphatic carbocycles. The van der Waals surface area contributed by atoms with E-state index in [-0.39, 0.29) is 18.8 Å². The first kappa shape index (κ1) is 36.7. The summed E-state index contributed by atoms with van der Waals surface area (Å²) < 4.78 is 0. The summed E-state index contributed by atoms with van der Waals surface area (Å²) in [4.78, 5) is 75.2. The molecule has 0 fully saturated rings. The Morgan fingerprint density at radius 2 is 1.44 bits per heavy atom. The monoisotopic (exact) mass is 603 g/mol. The van der Waals surface area contributed by atoms with E-state index in [1.807, 2.05) is 13.8 Å². The first-order valence-electron chi connectivity index (χ1n) is 14.2. The molecule has 10 N–H and O–H groups in total. The average Bonchev–Trinajstić information content (AvgIpc) is 2.97. The van der Waals surface area contributed by atoms with Gasteiger partial charge in [-0.3, -0.25) is 28.8 Å². The van der Waals surface area contributed by atoms with Gasteiger partial charge in [-0.15, -0.1) is 0 Å². The summed E-state index contributed by atoms with van der Waals surface area (Å²) in [6, 6.07) is 4.26. The minimum Gasteiger partial charge on any atom is -0.394 e. The number of hydrogen-bond donors (Lipinski definition) is 8. The Hall–Kier alpha value is -4.30. The number of aliphatic hydroxyl groups is 1. The Labute approximate surface area is 251 Å². The van der Waals surface area contributed by atoms with Gasteiger partial charge in [0.15, 0.2) is 0 Å². The van der Waals surface area contributed by atoms with Crippen LogP contribution in [0.25, 0.3) is 0 Å². The topological polar surface area (TPSA) is 235 Å². The first-order valence-corrected chi connectivity index (χ1v) is 14.2. The van der Waals surface area contributed by atoms with Crippen molar-refractivity contribution >= 4 is 35.4 Å². The number of carbonyl (C=O) groups is 6. The Morgan fingerprint density at radius 3 is 2.00 bits per heavy atom. The number of benzene rings is 1. The molecule has 238 valence electrons. The van der Waals surface area contributed by atoms with Gasteiger partial charge < -0.3 is 43.2 Å². The third-order valence-electron chi connectivity index (χ3n) is 6.31. The zero-order valence-corrected chi connectivity index (χ0v) is 24.8. The van der Waals surface area contributed by atoms with Crippen LogP contribution in [0.5, 0.6) is 0 Å². The molecule has 0 saturated carbocycles. The van der Waals surface area contributed by atoms with E-state index in [0.717, 1.165) is 11.6 Å². The Balaban J connectivity index is 3.13. The average molecular weight is 604 g/mol. The molecule has 4 unspecified atom stereocenters. The highest BCUT2D eigenvalue weighted by atomic mass is 16.3. The van der Waals surface area contributed by atoms with Crippen LogP contribution < -0.4 is 38.1 Å². The van der Waals surface area contributed by atoms with Crippen molar-refractivity contribution in [3.8, 4) is 0 Å². The lowest BCUT2D eigenvalue weighted by Crippen LogP contribution is -2.59. The molecule has 0 spiro atoms. The molecule has 14 nitrogen and oxygen atoms in total. The highest BCUT2D eigenvalue weighted by molar-refractivity contribution is 5.96. The molecule has 0 saturated heterocycles. The largest absolute Gasteiger partial charge is 0.394 e. The number of aliphatic hydroxyl groups excluding tert-OH is 1. The second kappa shape index (κ2) is 19.8. The summed E-state index contributed by atoms with van der Waals surface area (Å²) in [5.74, 6) is -4.18. The minimum absolute atomic E-state index is 0.0559. The predicted molar refractivity (Wildman–Crippen MR) is 160 cm³/mol. The Kier molecular flexibility index (Phi) is 16.9. The van der Waals surface area contributed by atoms with E-state index >= 15 is 0 Å². The summed E-state index contributed by atoms with van der Waals surface area (Å²) in [6.07, 6.45) is 2.50. The van der Waals surface area contributed by atoms with Crippen LogP contribution in [0.1, 0.15) is 45.1 Å². The third kappa shape index (κ3) is 14.4. The molecule has 0 bridgehead atoms. The van der Waals surface area contributed by atoms with E-state index in [2.05, 4.69) is 33.2 Å². The van der Waals surface area contributed by atoms with Crippen LogP contribution in [0.4, 0.5) is 0 Å². The van der Waals surface area contributed by atoms with Crippen molar-refractivity contribution in [3.63, 3.8) is 0 Å². The second-order valence-corrected chi connectivity index (χ2v) is 10.4. The van der Waals surface area contributed by atoms with Gasteiger partial charge in [0.1, 0.15) is 24.2 Å². The molecule has 6 amide bonds. The molecule has 0 aliphatic rings. The zero-order valence-electron chi connectivity index (χ0n) is 24.8. The molecule has 0 heterocycles. The van der Waals surface area contributed by atoms with Gasteiger partial charge >= 0.3 is 0 Å². The van der Waals surface area contributed by atoms with Crippen LogP contribution in [0, 0.1) is 5.92 Å². The van der Waals surface area contributed by atoms with Gasteiger partial charge in [-0.05, 0) is 49.8 Å². The van der Waals surface area contributed by atoms with E-state index in [1.165, 1.54) is 0 Å². The fourth-order valence-corrected chi connectivity index (χ4v) is 4.03. The number of unbranched alkanes of at least 4 members (excludes halogenated alkanes) is 1. The minimum atomic E-state index is -1.42. The molecular weight excluding hydrogens is 558 g/mol. The summed E-state index contributed by atoms with van der Waals surface area (Å²) in [5, 5.41) is 22.1. The van der Waals surface area contributed by atoms with Crippen molar-refractivity contribution in [3.05, 3.63) is 48.6 Å². The van der Waals surface area contributed by atoms with Gasteiger partial charge in [0.25, 0.3) is 0 Å². The summed E-state index contributed by atoms with van der Waals surface area (Å²) in [6.45, 7) is 6.12. The van der Waals surface area contributed by atoms with Gasteiger partial charge in [0.2, 0.25) is 35.4 Å². The standard InChI is InChI=1S/C29H45N7O7/c1-4-24(38)32-16-25(39)33-23(17-37)29(43)34-20(12-8-9-13-30)27(41)36-22(15-19-10-6-5-7-11-19)28(42)35-21(26(31)40)14-18(2)3/h4-7,10-11,18,20-23,37H,1,8-9,12-17,30H2,2-3H3,(H2,31,40)(H,32,38)(H,33,39)(H,34,43)(H,35,42)(H,36,41). The number of carbonyl (C=O) groups excluding carboxylic acids is 6. The molecule has 43 heavy (non-hydrogen) atoms. The summed E-state index contributed by atoms with van der Waals surface area (Å²) in [5.41, 5.74) is 11.8. The predicted octanol–water partition coefficient (Wildman–Crippen LogP) is -1.88. The van der Waals surface area contributed by atoms with Crippen molar-refractivity contribution in [2.24, 2.45) is 17.4 Å². The van der Waals surface area contributed by atoms with E-state index in [0.29, 0.717) is 25.8 Å². The maximum absolute atomic E-state index is 13.5. The van der Waals surface area contributed by atoms with Crippen molar-refractivity contribution < 1.29 is 33.9 Å². The van der Waals surface area contributed by atoms with Crippen LogP contribution >= 0.6 is 0 Å². The van der Waals surface area contributed by atoms with E-state index in [9.17, 15) is 33.9 Å². The highest BCUT2D eigenvalue weighted by Gasteiger charge is 2.31. The Bertz CT molecular complexity index is 1100. The number of hydrogen-bond acceptors (Lipinski definition) is 8. The van der Waals surface area contributed by atoms with Crippen molar-refractivity contribution in [2.45, 2.75) is 70.1 Å². The van der Waals surface area contributed by atoms with Gasteiger partial charge in [-0.1, -0.05) is 50.8 Å². The molecule has 0 aliphatic heterocycles. The number of rotatable bonds is 20. The second-order valence-electron chi connectivity index (χ2n) is 10.4. The van der Waals surface area contributed by atoms with Crippen molar-refractivity contribution in [2.75, 3.05) is 19.7 Å². The zero-order chi connectivity index (χ0) is 32.4. The molecule has 0 radical (unpaired) electrons. The lowest BCUT2D eigenvalue weighted by molar-refractivity contribution is -0.135. The maximum Gasteiger partial charge on any atom is 0.245 e. The normalized spacial score (nSPS) is 13.5. The van der Waals surface area contributed by atoms with Crippen LogP contribution in [0.15, 0.2) is 43.0 Å². The number of amides is 6. The summed E-state index contributed by atoms with van der Waals surface area (Å²) in [7, 11) is 0. The van der Waals surface area contributed by atoms with Crippen molar-refractivity contribution in [1.29, 1.82) is 0 Å². The fourth-order valence-electron chi connectivity index (χ4n) is 4.03. The van der Waals surface area contributed by atoms with Crippen LogP contribution in [0.2, 0.25) is 0 Å². The quantitative estimate of drug-likeness (QED) is 0.0619. The lowest BCUT2D eigenvalue weighted by atomic mass is 10.0. The summed E-state index contributed by atoms with van der Waals surface area (Å²) >= 11 is 0. The SMILES string of the molecule is C=CC(=O)NCC(=O)NC(CO)C(=O)NC(CCCCN)C(=O)NC(Cc1ccccc1)C(=O)NC(CC(C)C)C(N)=O. The number of nitrogens with two attached hydrogens (primary N) is 2. The maximum atomic E-state index is 13.5. The molecule has 4 atom stereocenters. The van der Waals surface area contributed by atoms with Gasteiger partial charge in [0.05, 0.1) is 13.2 Å². The molecule has 0 aromatic heterocycles. The van der Waals surface area contributed by atoms with Crippen LogP contribution in [-0.4, -0.2) is 84.4 Å². The van der Waals surface area contributed by atoms with Crippen LogP contribution in [0.3, 0.4) is 0 Å². The number of nitrogens with one attached hydrogen (secondary N) is 5. The van der Waals surface area contributed by atoms with E-state index < -0.39 is 72.8 Å². The number of primary amides is 1.